The second kappa shape index (κ2) is 5.70. The summed E-state index contributed by atoms with van der Waals surface area (Å²) < 4.78 is 0. The summed E-state index contributed by atoms with van der Waals surface area (Å²) in [5.74, 6) is 2.52. The highest BCUT2D eigenvalue weighted by molar-refractivity contribution is 7.99. The zero-order valence-corrected chi connectivity index (χ0v) is 13.5. The SMILES string of the molecule is ClC1c2ccccc2CCC1CC1CSc2ccccc21. The first-order chi connectivity index (χ1) is 10.3. The molecule has 0 N–H and O–H groups in total. The summed E-state index contributed by atoms with van der Waals surface area (Å²) in [5, 5.41) is 0.188. The standard InChI is InChI=1S/C19H19ClS/c20-19-14(10-9-13-5-1-2-7-17(13)19)11-15-12-21-18-8-4-3-6-16(15)18/h1-8,14-15,19H,9-12H2. The largest absolute Gasteiger partial charge is 0.125 e. The van der Waals surface area contributed by atoms with Gasteiger partial charge in [-0.25, -0.2) is 0 Å². The third-order valence-electron chi connectivity index (χ3n) is 4.94. The van der Waals surface area contributed by atoms with Crippen molar-refractivity contribution in [2.45, 2.75) is 35.5 Å². The molecule has 2 aromatic carbocycles. The number of aryl methyl sites for hydroxylation is 1. The molecule has 1 aliphatic carbocycles. The first-order valence-electron chi connectivity index (χ1n) is 7.76. The van der Waals surface area contributed by atoms with Crippen molar-refractivity contribution in [1.29, 1.82) is 0 Å². The minimum atomic E-state index is 0.188. The van der Waals surface area contributed by atoms with Crippen molar-refractivity contribution in [2.75, 3.05) is 5.75 Å². The molecule has 0 bridgehead atoms. The van der Waals surface area contributed by atoms with Gasteiger partial charge in [0.1, 0.15) is 0 Å². The van der Waals surface area contributed by atoms with Crippen molar-refractivity contribution in [2.24, 2.45) is 5.92 Å². The number of rotatable bonds is 2. The Kier molecular flexibility index (Phi) is 3.72. The summed E-state index contributed by atoms with van der Waals surface area (Å²) in [6.07, 6.45) is 3.65. The van der Waals surface area contributed by atoms with Gasteiger partial charge in [0.15, 0.2) is 0 Å². The Hall–Kier alpha value is -0.920. The van der Waals surface area contributed by atoms with Crippen molar-refractivity contribution in [3.05, 3.63) is 65.2 Å². The molecule has 4 rings (SSSR count). The zero-order chi connectivity index (χ0) is 14.2. The number of hydrogen-bond donors (Lipinski definition) is 0. The lowest BCUT2D eigenvalue weighted by molar-refractivity contribution is 0.390. The van der Waals surface area contributed by atoms with Gasteiger partial charge in [-0.1, -0.05) is 42.5 Å². The smallest absolute Gasteiger partial charge is 0.0616 e. The van der Waals surface area contributed by atoms with Gasteiger partial charge >= 0.3 is 0 Å². The fourth-order valence-electron chi connectivity index (χ4n) is 3.80. The molecule has 2 aliphatic rings. The molecule has 3 atom stereocenters. The fraction of sp³-hybridized carbons (Fsp3) is 0.368. The van der Waals surface area contributed by atoms with Gasteiger partial charge in [0.25, 0.3) is 0 Å². The molecule has 2 heteroatoms. The highest BCUT2D eigenvalue weighted by atomic mass is 35.5. The molecule has 108 valence electrons. The summed E-state index contributed by atoms with van der Waals surface area (Å²) in [5.41, 5.74) is 4.37. The molecule has 1 heterocycles. The van der Waals surface area contributed by atoms with Crippen molar-refractivity contribution in [3.63, 3.8) is 0 Å². The van der Waals surface area contributed by atoms with Crippen LogP contribution in [0.2, 0.25) is 0 Å². The van der Waals surface area contributed by atoms with Crippen LogP contribution in [0.4, 0.5) is 0 Å². The van der Waals surface area contributed by atoms with E-state index in [-0.39, 0.29) is 5.38 Å². The van der Waals surface area contributed by atoms with E-state index in [1.807, 2.05) is 11.8 Å². The van der Waals surface area contributed by atoms with Crippen LogP contribution in [-0.2, 0) is 6.42 Å². The average molecular weight is 315 g/mol. The average Bonchev–Trinajstić information content (AvgIpc) is 2.94. The number of hydrogen-bond acceptors (Lipinski definition) is 1. The van der Waals surface area contributed by atoms with Crippen LogP contribution >= 0.6 is 23.4 Å². The molecule has 0 spiro atoms. The molecule has 0 amide bonds. The summed E-state index contributed by atoms with van der Waals surface area (Å²) in [7, 11) is 0. The van der Waals surface area contributed by atoms with Crippen LogP contribution < -0.4 is 0 Å². The summed E-state index contributed by atoms with van der Waals surface area (Å²) in [6, 6.07) is 17.6. The Morgan fingerprint density at radius 2 is 1.76 bits per heavy atom. The van der Waals surface area contributed by atoms with Gasteiger partial charge in [0.2, 0.25) is 0 Å². The minimum absolute atomic E-state index is 0.188. The topological polar surface area (TPSA) is 0 Å². The predicted molar refractivity (Wildman–Crippen MR) is 91.4 cm³/mol. The maximum absolute atomic E-state index is 6.81. The Balaban J connectivity index is 1.55. The van der Waals surface area contributed by atoms with Crippen molar-refractivity contribution < 1.29 is 0 Å². The van der Waals surface area contributed by atoms with Crippen LogP contribution in [0.25, 0.3) is 0 Å². The molecule has 21 heavy (non-hydrogen) atoms. The fourth-order valence-corrected chi connectivity index (χ4v) is 5.51. The molecule has 0 aromatic heterocycles. The molecule has 0 saturated heterocycles. The number of halogens is 1. The highest BCUT2D eigenvalue weighted by Crippen LogP contribution is 2.48. The van der Waals surface area contributed by atoms with Gasteiger partial charge in [-0.15, -0.1) is 23.4 Å². The van der Waals surface area contributed by atoms with Crippen molar-refractivity contribution >= 4 is 23.4 Å². The maximum atomic E-state index is 6.81. The lowest BCUT2D eigenvalue weighted by atomic mass is 9.78. The molecule has 3 unspecified atom stereocenters. The molecule has 2 aromatic rings. The van der Waals surface area contributed by atoms with E-state index in [2.05, 4.69) is 48.5 Å². The van der Waals surface area contributed by atoms with Crippen LogP contribution in [0.5, 0.6) is 0 Å². The normalized spacial score (nSPS) is 27.2. The lowest BCUT2D eigenvalue weighted by Crippen LogP contribution is -2.19. The summed E-state index contributed by atoms with van der Waals surface area (Å²) in [4.78, 5) is 1.48. The van der Waals surface area contributed by atoms with E-state index in [4.69, 9.17) is 11.6 Å². The first-order valence-corrected chi connectivity index (χ1v) is 9.18. The van der Waals surface area contributed by atoms with E-state index in [0.717, 1.165) is 0 Å². The van der Waals surface area contributed by atoms with E-state index in [1.165, 1.54) is 41.0 Å². The monoisotopic (exact) mass is 314 g/mol. The Morgan fingerprint density at radius 1 is 1.00 bits per heavy atom. The second-order valence-corrected chi connectivity index (χ2v) is 7.71. The zero-order valence-electron chi connectivity index (χ0n) is 12.0. The molecular weight excluding hydrogens is 296 g/mol. The first kappa shape index (κ1) is 13.7. The second-order valence-electron chi connectivity index (χ2n) is 6.18. The van der Waals surface area contributed by atoms with E-state index in [0.29, 0.717) is 11.8 Å². The van der Waals surface area contributed by atoms with Gasteiger partial charge < -0.3 is 0 Å². The molecule has 0 saturated carbocycles. The van der Waals surface area contributed by atoms with E-state index in [1.54, 1.807) is 5.56 Å². The van der Waals surface area contributed by atoms with Gasteiger partial charge in [-0.3, -0.25) is 0 Å². The summed E-state index contributed by atoms with van der Waals surface area (Å²) >= 11 is 8.82. The Morgan fingerprint density at radius 3 is 2.67 bits per heavy atom. The Labute approximate surface area is 135 Å². The predicted octanol–water partition coefficient (Wildman–Crippen LogP) is 5.81. The van der Waals surface area contributed by atoms with Crippen molar-refractivity contribution in [1.82, 2.24) is 0 Å². The molecule has 0 nitrogen and oxygen atoms in total. The molecule has 0 fully saturated rings. The van der Waals surface area contributed by atoms with Crippen LogP contribution in [0, 0.1) is 5.92 Å². The molecule has 0 radical (unpaired) electrons. The van der Waals surface area contributed by atoms with Gasteiger partial charge in [0, 0.05) is 10.6 Å². The van der Waals surface area contributed by atoms with E-state index < -0.39 is 0 Å². The lowest BCUT2D eigenvalue weighted by Gasteiger charge is -2.31. The van der Waals surface area contributed by atoms with Crippen LogP contribution in [0.15, 0.2) is 53.4 Å². The number of benzene rings is 2. The minimum Gasteiger partial charge on any atom is -0.125 e. The highest BCUT2D eigenvalue weighted by Gasteiger charge is 2.32. The van der Waals surface area contributed by atoms with Gasteiger partial charge in [0.05, 0.1) is 5.38 Å². The summed E-state index contributed by atoms with van der Waals surface area (Å²) in [6.45, 7) is 0. The van der Waals surface area contributed by atoms with E-state index >= 15 is 0 Å². The van der Waals surface area contributed by atoms with Crippen molar-refractivity contribution in [3.8, 4) is 0 Å². The molecular formula is C19H19ClS. The van der Waals surface area contributed by atoms with Crippen LogP contribution in [0.1, 0.15) is 40.8 Å². The third kappa shape index (κ3) is 2.51. The van der Waals surface area contributed by atoms with Crippen LogP contribution in [-0.4, -0.2) is 5.75 Å². The van der Waals surface area contributed by atoms with Crippen LogP contribution in [0.3, 0.4) is 0 Å². The maximum Gasteiger partial charge on any atom is 0.0616 e. The number of fused-ring (bicyclic) bond motifs is 2. The number of alkyl halides is 1. The third-order valence-corrected chi connectivity index (χ3v) is 6.78. The van der Waals surface area contributed by atoms with Gasteiger partial charge in [-0.2, -0.15) is 0 Å². The Bertz CT molecular complexity index is 652. The van der Waals surface area contributed by atoms with Gasteiger partial charge in [-0.05, 0) is 53.9 Å². The molecule has 1 aliphatic heterocycles. The number of thioether (sulfide) groups is 1. The quantitative estimate of drug-likeness (QED) is 0.630. The van der Waals surface area contributed by atoms with E-state index in [9.17, 15) is 0 Å².